The fraction of sp³-hybridized carbons (Fsp3) is 0.250. The zero-order chi connectivity index (χ0) is 19.2. The van der Waals surface area contributed by atoms with Crippen molar-refractivity contribution in [2.45, 2.75) is 18.9 Å². The number of hydrogen-bond donors (Lipinski definition) is 1. The van der Waals surface area contributed by atoms with Gasteiger partial charge in [0.2, 0.25) is 5.91 Å². The van der Waals surface area contributed by atoms with E-state index < -0.39 is 17.5 Å². The first kappa shape index (κ1) is 17.7. The Labute approximate surface area is 165 Å². The van der Waals surface area contributed by atoms with E-state index in [1.54, 1.807) is 24.0 Å². The molecule has 4 amide bonds. The standard InChI is InChI=1S/C20H18BrN3O3/c1-20(14-7-3-4-8-15(14)21)18(26)24(19(27)22-20)12-17(25)23-11-10-13-6-2-5-9-16(13)23/h2-9H,10-12H2,1H3,(H,22,27)/t20-/m1/s1. The minimum atomic E-state index is -1.21. The molecule has 0 aromatic heterocycles. The van der Waals surface area contributed by atoms with E-state index in [1.807, 2.05) is 36.4 Å². The molecule has 0 radical (unpaired) electrons. The number of carbonyl (C=O) groups is 3. The summed E-state index contributed by atoms with van der Waals surface area (Å²) in [5.74, 6) is -0.694. The Bertz CT molecular complexity index is 961. The molecule has 2 aliphatic heterocycles. The second-order valence-corrected chi connectivity index (χ2v) is 7.70. The van der Waals surface area contributed by atoms with Gasteiger partial charge < -0.3 is 10.2 Å². The van der Waals surface area contributed by atoms with Crippen LogP contribution in [0.4, 0.5) is 10.5 Å². The maximum Gasteiger partial charge on any atom is 0.325 e. The normalized spacial score (nSPS) is 21.4. The summed E-state index contributed by atoms with van der Waals surface area (Å²) in [5, 5.41) is 2.74. The second-order valence-electron chi connectivity index (χ2n) is 6.85. The Morgan fingerprint density at radius 3 is 2.63 bits per heavy atom. The molecule has 0 spiro atoms. The van der Waals surface area contributed by atoms with Gasteiger partial charge in [0.15, 0.2) is 0 Å². The molecule has 0 aliphatic carbocycles. The lowest BCUT2D eigenvalue weighted by Gasteiger charge is -2.24. The maximum atomic E-state index is 13.0. The molecule has 0 unspecified atom stereocenters. The van der Waals surface area contributed by atoms with Gasteiger partial charge in [0, 0.05) is 22.3 Å². The molecule has 7 heteroatoms. The van der Waals surface area contributed by atoms with Gasteiger partial charge in [0.1, 0.15) is 12.1 Å². The first-order valence-electron chi connectivity index (χ1n) is 8.69. The van der Waals surface area contributed by atoms with E-state index in [0.29, 0.717) is 12.1 Å². The summed E-state index contributed by atoms with van der Waals surface area (Å²) < 4.78 is 0.725. The lowest BCUT2D eigenvalue weighted by atomic mass is 9.92. The third kappa shape index (κ3) is 2.82. The van der Waals surface area contributed by atoms with Gasteiger partial charge in [-0.25, -0.2) is 4.79 Å². The van der Waals surface area contributed by atoms with Gasteiger partial charge in [-0.05, 0) is 31.0 Å². The van der Waals surface area contributed by atoms with Gasteiger partial charge in [0.05, 0.1) is 0 Å². The van der Waals surface area contributed by atoms with Crippen molar-refractivity contribution in [2.75, 3.05) is 18.0 Å². The van der Waals surface area contributed by atoms with Crippen LogP contribution < -0.4 is 10.2 Å². The summed E-state index contributed by atoms with van der Waals surface area (Å²) in [6.07, 6.45) is 0.775. The number of rotatable bonds is 3. The largest absolute Gasteiger partial charge is 0.325 e. The van der Waals surface area contributed by atoms with Gasteiger partial charge in [-0.2, -0.15) is 0 Å². The molecule has 1 N–H and O–H groups in total. The van der Waals surface area contributed by atoms with Crippen molar-refractivity contribution < 1.29 is 14.4 Å². The molecule has 2 aromatic carbocycles. The average Bonchev–Trinajstić information content (AvgIpc) is 3.17. The zero-order valence-electron chi connectivity index (χ0n) is 14.7. The molecule has 138 valence electrons. The highest BCUT2D eigenvalue weighted by Crippen LogP contribution is 2.34. The van der Waals surface area contributed by atoms with Gasteiger partial charge in [-0.3, -0.25) is 14.5 Å². The highest BCUT2D eigenvalue weighted by molar-refractivity contribution is 9.10. The van der Waals surface area contributed by atoms with Crippen LogP contribution in [-0.2, 0) is 21.5 Å². The number of anilines is 1. The number of imide groups is 1. The first-order valence-corrected chi connectivity index (χ1v) is 9.48. The summed E-state index contributed by atoms with van der Waals surface area (Å²) >= 11 is 3.43. The van der Waals surface area contributed by atoms with E-state index in [4.69, 9.17) is 0 Å². The van der Waals surface area contributed by atoms with Crippen LogP contribution in [0.1, 0.15) is 18.1 Å². The van der Waals surface area contributed by atoms with Crippen molar-refractivity contribution in [2.24, 2.45) is 0 Å². The monoisotopic (exact) mass is 427 g/mol. The number of nitrogens with one attached hydrogen (secondary N) is 1. The quantitative estimate of drug-likeness (QED) is 0.765. The minimum Gasteiger partial charge on any atom is -0.319 e. The fourth-order valence-electron chi connectivity index (χ4n) is 3.71. The van der Waals surface area contributed by atoms with Crippen molar-refractivity contribution in [1.82, 2.24) is 10.2 Å². The first-order chi connectivity index (χ1) is 12.9. The summed E-state index contributed by atoms with van der Waals surface area (Å²) in [6.45, 7) is 1.94. The average molecular weight is 428 g/mol. The summed E-state index contributed by atoms with van der Waals surface area (Å²) in [4.78, 5) is 41.0. The van der Waals surface area contributed by atoms with E-state index >= 15 is 0 Å². The fourth-order valence-corrected chi connectivity index (χ4v) is 4.39. The van der Waals surface area contributed by atoms with Crippen LogP contribution in [0.25, 0.3) is 0 Å². The van der Waals surface area contributed by atoms with E-state index in [1.165, 1.54) is 0 Å². The van der Waals surface area contributed by atoms with Crippen LogP contribution in [0.15, 0.2) is 53.0 Å². The van der Waals surface area contributed by atoms with Crippen LogP contribution in [0.3, 0.4) is 0 Å². The molecule has 1 saturated heterocycles. The summed E-state index contributed by atoms with van der Waals surface area (Å²) in [6, 6.07) is 14.4. The number of carbonyl (C=O) groups excluding carboxylic acids is 3. The maximum absolute atomic E-state index is 13.0. The molecule has 0 bridgehead atoms. The molecule has 2 heterocycles. The second kappa shape index (κ2) is 6.49. The van der Waals surface area contributed by atoms with Gasteiger partial charge >= 0.3 is 6.03 Å². The molecule has 6 nitrogen and oxygen atoms in total. The number of fused-ring (bicyclic) bond motifs is 1. The molecular formula is C20H18BrN3O3. The number of urea groups is 1. The Morgan fingerprint density at radius 1 is 1.15 bits per heavy atom. The molecule has 2 aliphatic rings. The van der Waals surface area contributed by atoms with E-state index in [2.05, 4.69) is 21.2 Å². The van der Waals surface area contributed by atoms with E-state index in [9.17, 15) is 14.4 Å². The number of halogens is 1. The topological polar surface area (TPSA) is 69.7 Å². The third-order valence-electron chi connectivity index (χ3n) is 5.17. The van der Waals surface area contributed by atoms with Gasteiger partial charge in [0.25, 0.3) is 5.91 Å². The Hall–Kier alpha value is -2.67. The number of nitrogens with zero attached hydrogens (tertiary/aromatic N) is 2. The van der Waals surface area contributed by atoms with Crippen LogP contribution >= 0.6 is 15.9 Å². The highest BCUT2D eigenvalue weighted by Gasteiger charge is 2.50. The number of benzene rings is 2. The predicted molar refractivity (Wildman–Crippen MR) is 104 cm³/mol. The molecule has 1 fully saturated rings. The zero-order valence-corrected chi connectivity index (χ0v) is 16.3. The van der Waals surface area contributed by atoms with E-state index in [0.717, 1.165) is 27.0 Å². The predicted octanol–water partition coefficient (Wildman–Crippen LogP) is 2.81. The van der Waals surface area contributed by atoms with Crippen LogP contribution in [-0.4, -0.2) is 35.8 Å². The van der Waals surface area contributed by atoms with Gasteiger partial charge in [-0.15, -0.1) is 0 Å². The summed E-state index contributed by atoms with van der Waals surface area (Å²) in [5.41, 5.74) is 1.40. The van der Waals surface area contributed by atoms with Crippen LogP contribution in [0.5, 0.6) is 0 Å². The Kier molecular flexibility index (Phi) is 4.26. The van der Waals surface area contributed by atoms with Crippen molar-refractivity contribution in [3.05, 3.63) is 64.1 Å². The number of hydrogen-bond acceptors (Lipinski definition) is 3. The van der Waals surface area contributed by atoms with Crippen molar-refractivity contribution in [3.63, 3.8) is 0 Å². The van der Waals surface area contributed by atoms with Crippen molar-refractivity contribution >= 4 is 39.5 Å². The molecule has 27 heavy (non-hydrogen) atoms. The third-order valence-corrected chi connectivity index (χ3v) is 5.86. The van der Waals surface area contributed by atoms with Crippen molar-refractivity contribution in [1.29, 1.82) is 0 Å². The molecule has 0 saturated carbocycles. The van der Waals surface area contributed by atoms with E-state index in [-0.39, 0.29) is 12.5 Å². The smallest absolute Gasteiger partial charge is 0.319 e. The Balaban J connectivity index is 1.57. The number of para-hydroxylation sites is 1. The molecule has 1 atom stereocenters. The van der Waals surface area contributed by atoms with Crippen LogP contribution in [0, 0.1) is 0 Å². The number of amides is 4. The lowest BCUT2D eigenvalue weighted by molar-refractivity contribution is -0.134. The molecular weight excluding hydrogens is 410 g/mol. The molecule has 4 rings (SSSR count). The van der Waals surface area contributed by atoms with Crippen LogP contribution in [0.2, 0.25) is 0 Å². The highest BCUT2D eigenvalue weighted by atomic mass is 79.9. The van der Waals surface area contributed by atoms with Gasteiger partial charge in [-0.1, -0.05) is 52.3 Å². The molecule has 2 aromatic rings. The SMILES string of the molecule is C[C@]1(c2ccccc2Br)NC(=O)N(CC(=O)N2CCc3ccccc32)C1=O. The van der Waals surface area contributed by atoms with Crippen molar-refractivity contribution in [3.8, 4) is 0 Å². The minimum absolute atomic E-state index is 0.264. The lowest BCUT2D eigenvalue weighted by Crippen LogP contribution is -2.44. The summed E-state index contributed by atoms with van der Waals surface area (Å²) in [7, 11) is 0. The Morgan fingerprint density at radius 2 is 1.85 bits per heavy atom.